The minimum Gasteiger partial charge on any atom is -0.497 e. The van der Waals surface area contributed by atoms with Gasteiger partial charge in [-0.25, -0.2) is 14.1 Å². The molecule has 1 fully saturated rings. The molecule has 0 atom stereocenters. The summed E-state index contributed by atoms with van der Waals surface area (Å²) in [4.78, 5) is 22.9. The molecule has 1 saturated heterocycles. The van der Waals surface area contributed by atoms with Crippen LogP contribution in [-0.2, 0) is 0 Å². The second-order valence-electron chi connectivity index (χ2n) is 7.96. The van der Waals surface area contributed by atoms with E-state index in [1.165, 1.54) is 23.5 Å². The van der Waals surface area contributed by atoms with E-state index in [1.54, 1.807) is 28.8 Å². The fraction of sp³-hybridized carbons (Fsp3) is 0.240. The summed E-state index contributed by atoms with van der Waals surface area (Å²) in [6.45, 7) is 2.74. The number of carbonyl (C=O) groups is 1. The molecule has 0 bridgehead atoms. The van der Waals surface area contributed by atoms with Crippen molar-refractivity contribution in [2.24, 2.45) is 0 Å². The average molecular weight is 478 g/mol. The highest BCUT2D eigenvalue weighted by Crippen LogP contribution is 2.26. The van der Waals surface area contributed by atoms with Gasteiger partial charge in [0.2, 0.25) is 5.82 Å². The number of rotatable bonds is 5. The van der Waals surface area contributed by atoms with Crippen molar-refractivity contribution in [1.29, 1.82) is 0 Å². The van der Waals surface area contributed by atoms with E-state index < -0.39 is 0 Å². The number of nitrogens with zero attached hydrogens (tertiary/aromatic N) is 5. The van der Waals surface area contributed by atoms with Crippen LogP contribution in [0.3, 0.4) is 0 Å². The molecular weight excluding hydrogens is 453 g/mol. The predicted molar refractivity (Wildman–Crippen MR) is 130 cm³/mol. The molecule has 7 nitrogen and oxygen atoms in total. The highest BCUT2D eigenvalue weighted by Gasteiger charge is 2.26. The number of aromatic nitrogens is 3. The number of benzene rings is 2. The molecule has 2 aromatic carbocycles. The SMILES string of the molecule is COc1ccc(N2CCCN(C(=O)c3nc(-c4cccs4)n(-c4cccc(F)c4)n3)CC2)cc1. The van der Waals surface area contributed by atoms with Crippen LogP contribution in [0.1, 0.15) is 17.0 Å². The van der Waals surface area contributed by atoms with Gasteiger partial charge in [0.1, 0.15) is 11.6 Å². The van der Waals surface area contributed by atoms with Crippen LogP contribution in [-0.4, -0.2) is 58.9 Å². The van der Waals surface area contributed by atoms with Crippen molar-refractivity contribution >= 4 is 22.9 Å². The molecule has 1 aliphatic heterocycles. The number of amides is 1. The summed E-state index contributed by atoms with van der Waals surface area (Å²) < 4.78 is 20.7. The molecule has 3 heterocycles. The molecule has 174 valence electrons. The molecule has 5 rings (SSSR count). The Kier molecular flexibility index (Phi) is 6.27. The second-order valence-corrected chi connectivity index (χ2v) is 8.91. The molecule has 2 aromatic heterocycles. The average Bonchev–Trinajstić information content (AvgIpc) is 3.49. The topological polar surface area (TPSA) is 63.5 Å². The smallest absolute Gasteiger partial charge is 0.293 e. The lowest BCUT2D eigenvalue weighted by atomic mass is 10.2. The van der Waals surface area contributed by atoms with Gasteiger partial charge < -0.3 is 14.5 Å². The zero-order valence-electron chi connectivity index (χ0n) is 18.7. The van der Waals surface area contributed by atoms with E-state index in [0.717, 1.165) is 29.3 Å². The summed E-state index contributed by atoms with van der Waals surface area (Å²) in [6, 6.07) is 17.9. The monoisotopic (exact) mass is 477 g/mol. The minimum absolute atomic E-state index is 0.116. The van der Waals surface area contributed by atoms with Crippen LogP contribution in [0.5, 0.6) is 5.75 Å². The Morgan fingerprint density at radius 3 is 2.59 bits per heavy atom. The molecule has 0 spiro atoms. The van der Waals surface area contributed by atoms with Crippen molar-refractivity contribution in [2.75, 3.05) is 38.2 Å². The summed E-state index contributed by atoms with van der Waals surface area (Å²) >= 11 is 1.50. The summed E-state index contributed by atoms with van der Waals surface area (Å²) in [5.41, 5.74) is 1.63. The predicted octanol–water partition coefficient (Wildman–Crippen LogP) is 4.50. The highest BCUT2D eigenvalue weighted by molar-refractivity contribution is 7.13. The Labute approximate surface area is 201 Å². The van der Waals surface area contributed by atoms with Crippen LogP contribution in [0, 0.1) is 5.82 Å². The molecular formula is C25H24FN5O2S. The Morgan fingerprint density at radius 2 is 1.85 bits per heavy atom. The normalized spacial score (nSPS) is 14.2. The van der Waals surface area contributed by atoms with Gasteiger partial charge in [-0.3, -0.25) is 4.79 Å². The van der Waals surface area contributed by atoms with E-state index >= 15 is 0 Å². The zero-order chi connectivity index (χ0) is 23.5. The quantitative estimate of drug-likeness (QED) is 0.424. The fourth-order valence-corrected chi connectivity index (χ4v) is 4.77. The molecule has 0 saturated carbocycles. The maximum atomic E-state index is 13.9. The first kappa shape index (κ1) is 22.1. The first-order chi connectivity index (χ1) is 16.6. The van der Waals surface area contributed by atoms with Crippen molar-refractivity contribution < 1.29 is 13.9 Å². The molecule has 0 aliphatic carbocycles. The number of ether oxygens (including phenoxy) is 1. The van der Waals surface area contributed by atoms with Crippen LogP contribution in [0.15, 0.2) is 66.0 Å². The molecule has 0 radical (unpaired) electrons. The summed E-state index contributed by atoms with van der Waals surface area (Å²) in [5, 5.41) is 6.44. The van der Waals surface area contributed by atoms with E-state index in [-0.39, 0.29) is 17.5 Å². The van der Waals surface area contributed by atoms with Crippen molar-refractivity contribution in [1.82, 2.24) is 19.7 Å². The first-order valence-corrected chi connectivity index (χ1v) is 12.0. The number of methoxy groups -OCH3 is 1. The number of carbonyl (C=O) groups excluding carboxylic acids is 1. The van der Waals surface area contributed by atoms with E-state index in [1.807, 2.05) is 41.8 Å². The molecule has 1 amide bonds. The van der Waals surface area contributed by atoms with Gasteiger partial charge in [0.25, 0.3) is 5.91 Å². The van der Waals surface area contributed by atoms with Crippen LogP contribution in [0.2, 0.25) is 0 Å². The van der Waals surface area contributed by atoms with Gasteiger partial charge in [-0.1, -0.05) is 12.1 Å². The third-order valence-corrected chi connectivity index (χ3v) is 6.68. The van der Waals surface area contributed by atoms with Gasteiger partial charge in [0, 0.05) is 31.9 Å². The molecule has 0 unspecified atom stereocenters. The van der Waals surface area contributed by atoms with Gasteiger partial charge in [0.15, 0.2) is 5.82 Å². The van der Waals surface area contributed by atoms with Gasteiger partial charge in [0.05, 0.1) is 17.7 Å². The third kappa shape index (κ3) is 4.51. The Balaban J connectivity index is 1.38. The van der Waals surface area contributed by atoms with Crippen molar-refractivity contribution in [2.45, 2.75) is 6.42 Å². The lowest BCUT2D eigenvalue weighted by Gasteiger charge is -2.23. The molecule has 1 aliphatic rings. The van der Waals surface area contributed by atoms with Crippen LogP contribution >= 0.6 is 11.3 Å². The third-order valence-electron chi connectivity index (χ3n) is 5.81. The largest absolute Gasteiger partial charge is 0.497 e. The van der Waals surface area contributed by atoms with Gasteiger partial charge >= 0.3 is 0 Å². The fourth-order valence-electron chi connectivity index (χ4n) is 4.07. The van der Waals surface area contributed by atoms with Crippen molar-refractivity contribution in [3.63, 3.8) is 0 Å². The van der Waals surface area contributed by atoms with Crippen molar-refractivity contribution in [3.05, 3.63) is 77.7 Å². The summed E-state index contributed by atoms with van der Waals surface area (Å²) in [7, 11) is 1.65. The number of hydrogen-bond donors (Lipinski definition) is 0. The number of halogens is 1. The number of anilines is 1. The van der Waals surface area contributed by atoms with E-state index in [0.29, 0.717) is 31.1 Å². The number of hydrogen-bond acceptors (Lipinski definition) is 6. The van der Waals surface area contributed by atoms with Crippen LogP contribution in [0.4, 0.5) is 10.1 Å². The lowest BCUT2D eigenvalue weighted by molar-refractivity contribution is 0.0755. The maximum Gasteiger partial charge on any atom is 0.293 e. The summed E-state index contributed by atoms with van der Waals surface area (Å²) in [5.74, 6) is 0.870. The van der Waals surface area contributed by atoms with E-state index in [2.05, 4.69) is 15.0 Å². The number of thiophene rings is 1. The van der Waals surface area contributed by atoms with E-state index in [4.69, 9.17) is 4.74 Å². The maximum absolute atomic E-state index is 13.9. The molecule has 34 heavy (non-hydrogen) atoms. The van der Waals surface area contributed by atoms with Crippen molar-refractivity contribution in [3.8, 4) is 22.1 Å². The van der Waals surface area contributed by atoms with Crippen LogP contribution < -0.4 is 9.64 Å². The lowest BCUT2D eigenvalue weighted by Crippen LogP contribution is -2.35. The van der Waals surface area contributed by atoms with Gasteiger partial charge in [-0.05, 0) is 60.3 Å². The highest BCUT2D eigenvalue weighted by atomic mass is 32.1. The summed E-state index contributed by atoms with van der Waals surface area (Å²) in [6.07, 6.45) is 0.833. The standard InChI is InChI=1S/C25H24FN5O2S/c1-33-21-10-8-19(9-11-21)29-12-4-13-30(15-14-29)25(32)23-27-24(22-7-3-16-34-22)31(28-23)20-6-2-5-18(26)17-20/h2-3,5-11,16-17H,4,12-15H2,1H3. The van der Waals surface area contributed by atoms with Crippen LogP contribution in [0.25, 0.3) is 16.4 Å². The Bertz CT molecular complexity index is 1270. The zero-order valence-corrected chi connectivity index (χ0v) is 19.5. The Hall–Kier alpha value is -3.72. The van der Waals surface area contributed by atoms with Gasteiger partial charge in [-0.2, -0.15) is 0 Å². The Morgan fingerprint density at radius 1 is 1.00 bits per heavy atom. The second kappa shape index (κ2) is 9.64. The van der Waals surface area contributed by atoms with E-state index in [9.17, 15) is 9.18 Å². The van der Waals surface area contributed by atoms with Gasteiger partial charge in [-0.15, -0.1) is 16.4 Å². The molecule has 4 aromatic rings. The minimum atomic E-state index is -0.371. The molecule has 9 heteroatoms. The first-order valence-electron chi connectivity index (χ1n) is 11.1. The molecule has 0 N–H and O–H groups in total.